The lowest BCUT2D eigenvalue weighted by atomic mass is 10.3. The first-order valence-electron chi connectivity index (χ1n) is 8.46. The van der Waals surface area contributed by atoms with Gasteiger partial charge in [0, 0.05) is 5.69 Å². The number of nitrogens with one attached hydrogen (secondary N) is 1. The number of nitrogen functional groups attached to an aromatic ring is 1. The second-order valence-corrected chi connectivity index (χ2v) is 6.92. The third-order valence-electron chi connectivity index (χ3n) is 3.84. The van der Waals surface area contributed by atoms with E-state index in [4.69, 9.17) is 5.73 Å². The summed E-state index contributed by atoms with van der Waals surface area (Å²) in [7, 11) is 0. The normalized spacial score (nSPS) is 10.9. The number of aromatic nitrogens is 5. The quantitative estimate of drug-likeness (QED) is 0.493. The molecule has 4 aromatic rings. The van der Waals surface area contributed by atoms with Crippen LogP contribution in [0.15, 0.2) is 53.6 Å². The van der Waals surface area contributed by atoms with E-state index < -0.39 is 0 Å². The lowest BCUT2D eigenvalue weighted by Crippen LogP contribution is -2.06. The van der Waals surface area contributed by atoms with Gasteiger partial charge in [0.1, 0.15) is 16.7 Å². The minimum Gasteiger partial charge on any atom is -0.368 e. The minimum absolute atomic E-state index is 0.108. The number of rotatable bonds is 5. The van der Waals surface area contributed by atoms with Crippen molar-refractivity contribution in [1.82, 2.24) is 24.9 Å². The van der Waals surface area contributed by atoms with Crippen molar-refractivity contribution >= 4 is 40.4 Å². The number of nitrogens with two attached hydrogens (primary N) is 1. The highest BCUT2D eigenvalue weighted by Gasteiger charge is 2.10. The van der Waals surface area contributed by atoms with E-state index in [2.05, 4.69) is 30.2 Å². The van der Waals surface area contributed by atoms with Crippen LogP contribution in [0.4, 0.5) is 22.0 Å². The second-order valence-electron chi connectivity index (χ2n) is 5.96. The molecule has 7 nitrogen and oxygen atoms in total. The van der Waals surface area contributed by atoms with Crippen LogP contribution in [0.3, 0.4) is 0 Å². The molecule has 28 heavy (non-hydrogen) atoms. The van der Waals surface area contributed by atoms with E-state index in [0.29, 0.717) is 23.2 Å². The number of nitrogens with zero attached hydrogens (tertiary/aromatic N) is 5. The Balaban J connectivity index is 1.53. The lowest BCUT2D eigenvalue weighted by molar-refractivity contribution is 0.628. The molecule has 4 rings (SSSR count). The first-order valence-corrected chi connectivity index (χ1v) is 9.44. The van der Waals surface area contributed by atoms with Gasteiger partial charge in [-0.15, -0.1) is 0 Å². The number of fused-ring (bicyclic) bond motifs is 1. The fourth-order valence-electron chi connectivity index (χ4n) is 2.56. The van der Waals surface area contributed by atoms with Crippen LogP contribution in [0.25, 0.3) is 11.0 Å². The number of para-hydroxylation sites is 2. The Hall–Kier alpha value is -3.33. The molecule has 2 aromatic carbocycles. The number of thioether (sulfide) groups is 1. The predicted octanol–water partition coefficient (Wildman–Crippen LogP) is 3.88. The van der Waals surface area contributed by atoms with Gasteiger partial charge in [-0.3, -0.25) is 0 Å². The molecule has 0 atom stereocenters. The molecule has 2 heterocycles. The van der Waals surface area contributed by atoms with E-state index in [1.54, 1.807) is 12.1 Å². The van der Waals surface area contributed by atoms with E-state index in [9.17, 15) is 4.39 Å². The molecule has 0 saturated carbocycles. The van der Waals surface area contributed by atoms with Crippen molar-refractivity contribution in [2.45, 2.75) is 17.7 Å². The minimum atomic E-state index is -0.315. The van der Waals surface area contributed by atoms with Crippen LogP contribution in [0.1, 0.15) is 11.5 Å². The van der Waals surface area contributed by atoms with Gasteiger partial charge < -0.3 is 11.1 Å². The van der Waals surface area contributed by atoms with Crippen LogP contribution in [0.5, 0.6) is 0 Å². The smallest absolute Gasteiger partial charge is 0.232 e. The highest BCUT2D eigenvalue weighted by atomic mass is 32.2. The average Bonchev–Trinajstić information content (AvgIpc) is 2.68. The zero-order valence-electron chi connectivity index (χ0n) is 14.9. The Morgan fingerprint density at radius 1 is 0.929 bits per heavy atom. The van der Waals surface area contributed by atoms with E-state index in [1.165, 1.54) is 23.9 Å². The standard InChI is InChI=1S/C19H16FN7S/c1-11-17(24-15-5-3-2-4-14(15)22-11)28-10-16-25-18(21)27-19(26-16)23-13-8-6-12(20)7-9-13/h2-9H,10H2,1H3,(H3,21,23,25,26,27). The van der Waals surface area contributed by atoms with Gasteiger partial charge in [-0.2, -0.15) is 15.0 Å². The van der Waals surface area contributed by atoms with Crippen molar-refractivity contribution in [3.05, 3.63) is 65.9 Å². The fraction of sp³-hybridized carbons (Fsp3) is 0.105. The Morgan fingerprint density at radius 3 is 2.39 bits per heavy atom. The van der Waals surface area contributed by atoms with Crippen LogP contribution >= 0.6 is 11.8 Å². The number of anilines is 3. The third-order valence-corrected chi connectivity index (χ3v) is 4.90. The van der Waals surface area contributed by atoms with Crippen molar-refractivity contribution < 1.29 is 4.39 Å². The number of hydrogen-bond donors (Lipinski definition) is 2. The summed E-state index contributed by atoms with van der Waals surface area (Å²) in [4.78, 5) is 21.9. The predicted molar refractivity (Wildman–Crippen MR) is 108 cm³/mol. The van der Waals surface area contributed by atoms with Crippen molar-refractivity contribution in [2.24, 2.45) is 0 Å². The van der Waals surface area contributed by atoms with Crippen molar-refractivity contribution in [3.8, 4) is 0 Å². The first kappa shape index (κ1) is 18.1. The molecule has 0 saturated heterocycles. The molecule has 0 fully saturated rings. The van der Waals surface area contributed by atoms with Gasteiger partial charge in [0.05, 0.1) is 22.5 Å². The molecular weight excluding hydrogens is 377 g/mol. The Morgan fingerprint density at radius 2 is 1.64 bits per heavy atom. The highest BCUT2D eigenvalue weighted by molar-refractivity contribution is 7.98. The summed E-state index contributed by atoms with van der Waals surface area (Å²) >= 11 is 1.48. The Labute approximate surface area is 164 Å². The third kappa shape index (κ3) is 4.15. The molecule has 3 N–H and O–H groups in total. The van der Waals surface area contributed by atoms with Crippen molar-refractivity contribution in [3.63, 3.8) is 0 Å². The van der Waals surface area contributed by atoms with Gasteiger partial charge in [0.25, 0.3) is 0 Å². The lowest BCUT2D eigenvalue weighted by Gasteiger charge is -2.08. The van der Waals surface area contributed by atoms with E-state index in [1.807, 2.05) is 31.2 Å². The molecule has 2 aromatic heterocycles. The molecule has 140 valence electrons. The van der Waals surface area contributed by atoms with Crippen LogP contribution in [-0.2, 0) is 5.75 Å². The molecule has 9 heteroatoms. The summed E-state index contributed by atoms with van der Waals surface area (Å²) < 4.78 is 13.0. The first-order chi connectivity index (χ1) is 13.6. The molecule has 0 aliphatic rings. The van der Waals surface area contributed by atoms with Gasteiger partial charge in [-0.1, -0.05) is 23.9 Å². The number of benzene rings is 2. The van der Waals surface area contributed by atoms with Gasteiger partial charge in [0.15, 0.2) is 0 Å². The van der Waals surface area contributed by atoms with Crippen LogP contribution in [0, 0.1) is 12.7 Å². The summed E-state index contributed by atoms with van der Waals surface area (Å²) in [5.74, 6) is 1.06. The van der Waals surface area contributed by atoms with Crippen molar-refractivity contribution in [1.29, 1.82) is 0 Å². The summed E-state index contributed by atoms with van der Waals surface area (Å²) in [5.41, 5.74) is 9.01. The average molecular weight is 393 g/mol. The van der Waals surface area contributed by atoms with Gasteiger partial charge in [0.2, 0.25) is 11.9 Å². The van der Waals surface area contributed by atoms with E-state index in [-0.39, 0.29) is 11.8 Å². The monoisotopic (exact) mass is 393 g/mol. The maximum Gasteiger partial charge on any atom is 0.232 e. The zero-order chi connectivity index (χ0) is 19.5. The topological polar surface area (TPSA) is 102 Å². The van der Waals surface area contributed by atoms with Crippen LogP contribution in [0.2, 0.25) is 0 Å². The van der Waals surface area contributed by atoms with Gasteiger partial charge >= 0.3 is 0 Å². The highest BCUT2D eigenvalue weighted by Crippen LogP contribution is 2.25. The second kappa shape index (κ2) is 7.73. The molecule has 0 amide bonds. The summed E-state index contributed by atoms with van der Waals surface area (Å²) in [6, 6.07) is 13.6. The van der Waals surface area contributed by atoms with E-state index in [0.717, 1.165) is 21.8 Å². The maximum atomic E-state index is 13.0. The summed E-state index contributed by atoms with van der Waals surface area (Å²) in [5, 5.41) is 3.81. The zero-order valence-corrected chi connectivity index (χ0v) is 15.7. The summed E-state index contributed by atoms with van der Waals surface area (Å²) in [6.07, 6.45) is 0. The van der Waals surface area contributed by atoms with Crippen LogP contribution in [-0.4, -0.2) is 24.9 Å². The molecule has 0 radical (unpaired) electrons. The summed E-state index contributed by atoms with van der Waals surface area (Å²) in [6.45, 7) is 1.92. The largest absolute Gasteiger partial charge is 0.368 e. The molecule has 0 bridgehead atoms. The maximum absolute atomic E-state index is 13.0. The molecule has 0 aliphatic heterocycles. The fourth-order valence-corrected chi connectivity index (χ4v) is 3.37. The Kier molecular flexibility index (Phi) is 4.98. The van der Waals surface area contributed by atoms with Crippen molar-refractivity contribution in [2.75, 3.05) is 11.1 Å². The Bertz CT molecular complexity index is 1130. The van der Waals surface area contributed by atoms with E-state index >= 15 is 0 Å². The number of halogens is 1. The van der Waals surface area contributed by atoms with Crippen LogP contribution < -0.4 is 11.1 Å². The number of hydrogen-bond acceptors (Lipinski definition) is 8. The molecule has 0 spiro atoms. The molecule has 0 aliphatic carbocycles. The SMILES string of the molecule is Cc1nc2ccccc2nc1SCc1nc(N)nc(Nc2ccc(F)cc2)n1. The molecule has 0 unspecified atom stereocenters. The van der Waals surface area contributed by atoms with Gasteiger partial charge in [-0.05, 0) is 43.3 Å². The number of aryl methyl sites for hydroxylation is 1. The molecular formula is C19H16FN7S. The van der Waals surface area contributed by atoms with Gasteiger partial charge in [-0.25, -0.2) is 14.4 Å².